The van der Waals surface area contributed by atoms with Crippen molar-refractivity contribution >= 4 is 59.5 Å². The van der Waals surface area contributed by atoms with Crippen molar-refractivity contribution in [3.05, 3.63) is 0 Å². The molecule has 6 heteroatoms. The molecule has 3 aliphatic rings. The molecule has 2 saturated carbocycles. The first kappa shape index (κ1) is 13.6. The van der Waals surface area contributed by atoms with Crippen LogP contribution >= 0.6 is 47.8 Å². The van der Waals surface area contributed by atoms with Crippen LogP contribution in [0.3, 0.4) is 0 Å². The molecule has 2 aliphatic carbocycles. The van der Waals surface area contributed by atoms with Gasteiger partial charge < -0.3 is 4.74 Å². The molecule has 100 valence electrons. The lowest BCUT2D eigenvalue weighted by Crippen LogP contribution is -2.35. The topological polar surface area (TPSA) is 43.4 Å². The molecule has 3 rings (SSSR count). The number of Topliss-reactive ketones (excluding diaryl/α,β-unsaturated/α-hetero) is 1. The van der Waals surface area contributed by atoms with Crippen LogP contribution in [0.1, 0.15) is 25.7 Å². The smallest absolute Gasteiger partial charge is 0.334 e. The molecule has 0 spiro atoms. The minimum Gasteiger partial charge on any atom is -0.460 e. The number of carbonyl (C=O) groups is 2. The van der Waals surface area contributed by atoms with E-state index in [0.717, 1.165) is 19.3 Å². The molecular weight excluding hydrogens is 432 g/mol. The number of esters is 1. The van der Waals surface area contributed by atoms with Crippen LogP contribution in [0.5, 0.6) is 0 Å². The maximum absolute atomic E-state index is 12.2. The van der Waals surface area contributed by atoms with Crippen LogP contribution in [-0.2, 0) is 14.3 Å². The summed E-state index contributed by atoms with van der Waals surface area (Å²) < 4.78 is 4.72. The van der Waals surface area contributed by atoms with E-state index in [1.54, 1.807) is 0 Å². The number of carbonyl (C=O) groups excluding carboxylic acids is 2. The molecule has 5 unspecified atom stereocenters. The summed E-state index contributed by atoms with van der Waals surface area (Å²) >= 11 is 10.5. The van der Waals surface area contributed by atoms with Gasteiger partial charge in [-0.25, -0.2) is 4.79 Å². The van der Waals surface area contributed by atoms with Crippen LogP contribution in [0.2, 0.25) is 0 Å². The third-order valence-electron chi connectivity index (χ3n) is 4.48. The third-order valence-corrected chi connectivity index (χ3v) is 7.30. The number of rotatable bonds is 0. The Kier molecular flexibility index (Phi) is 3.43. The van der Waals surface area contributed by atoms with E-state index in [1.807, 2.05) is 0 Å². The number of ketones is 1. The normalized spacial score (nSPS) is 46.3. The predicted octanol–water partition coefficient (Wildman–Crippen LogP) is 3.17. The Balaban J connectivity index is 1.97. The fourth-order valence-corrected chi connectivity index (χ4v) is 5.69. The molecule has 0 aromatic rings. The van der Waals surface area contributed by atoms with Crippen LogP contribution in [0.4, 0.5) is 0 Å². The van der Waals surface area contributed by atoms with Crippen molar-refractivity contribution in [2.24, 2.45) is 17.8 Å². The average Bonchev–Trinajstić information content (AvgIpc) is 2.59. The molecule has 1 aliphatic heterocycles. The molecule has 1 saturated heterocycles. The van der Waals surface area contributed by atoms with Crippen molar-refractivity contribution in [2.75, 3.05) is 0 Å². The molecule has 5 atom stereocenters. The monoisotopic (exact) mass is 442 g/mol. The first-order chi connectivity index (χ1) is 8.43. The summed E-state index contributed by atoms with van der Waals surface area (Å²) in [5, 5.41) is 0. The van der Waals surface area contributed by atoms with Gasteiger partial charge in [-0.3, -0.25) is 4.79 Å². The Bertz CT molecular complexity index is 409. The SMILES string of the molecule is O=C1CC(Br)C2CCCC3C(OC(=O)C3(Br)Br)C12. The highest BCUT2D eigenvalue weighted by molar-refractivity contribution is 9.26. The van der Waals surface area contributed by atoms with E-state index in [-0.39, 0.29) is 34.5 Å². The molecule has 0 N–H and O–H groups in total. The van der Waals surface area contributed by atoms with E-state index in [2.05, 4.69) is 47.8 Å². The first-order valence-corrected chi connectivity index (χ1v) is 8.68. The number of hydrogen-bond donors (Lipinski definition) is 0. The number of halogens is 3. The maximum atomic E-state index is 12.2. The van der Waals surface area contributed by atoms with Gasteiger partial charge in [0.1, 0.15) is 11.9 Å². The first-order valence-electron chi connectivity index (χ1n) is 6.18. The number of alkyl halides is 3. The summed E-state index contributed by atoms with van der Waals surface area (Å²) in [6.45, 7) is 0. The van der Waals surface area contributed by atoms with Gasteiger partial charge in [-0.15, -0.1) is 0 Å². The van der Waals surface area contributed by atoms with Crippen molar-refractivity contribution in [1.29, 1.82) is 0 Å². The van der Waals surface area contributed by atoms with Gasteiger partial charge >= 0.3 is 5.97 Å². The molecule has 1 heterocycles. The minimum atomic E-state index is -0.801. The molecular formula is C12H13Br3O3. The zero-order valence-corrected chi connectivity index (χ0v) is 14.3. The Morgan fingerprint density at radius 3 is 2.67 bits per heavy atom. The van der Waals surface area contributed by atoms with Crippen LogP contribution in [0.15, 0.2) is 0 Å². The Morgan fingerprint density at radius 1 is 1.22 bits per heavy atom. The fourth-order valence-electron chi connectivity index (χ4n) is 3.62. The van der Waals surface area contributed by atoms with E-state index >= 15 is 0 Å². The zero-order valence-electron chi connectivity index (χ0n) is 9.57. The van der Waals surface area contributed by atoms with Gasteiger partial charge in [-0.2, -0.15) is 0 Å². The second-order valence-electron chi connectivity index (χ2n) is 5.41. The Labute approximate surface area is 131 Å². The van der Waals surface area contributed by atoms with E-state index in [9.17, 15) is 9.59 Å². The van der Waals surface area contributed by atoms with Crippen molar-refractivity contribution in [1.82, 2.24) is 0 Å². The molecule has 0 bridgehead atoms. The van der Waals surface area contributed by atoms with Crippen molar-refractivity contribution < 1.29 is 14.3 Å². The molecule has 3 fully saturated rings. The Hall–Kier alpha value is 0.580. The lowest BCUT2D eigenvalue weighted by atomic mass is 9.85. The van der Waals surface area contributed by atoms with Gasteiger partial charge in [0.2, 0.25) is 0 Å². The summed E-state index contributed by atoms with van der Waals surface area (Å²) in [4.78, 5) is 24.3. The molecule has 0 aromatic heterocycles. The van der Waals surface area contributed by atoms with Crippen LogP contribution in [0.25, 0.3) is 0 Å². The van der Waals surface area contributed by atoms with Gasteiger partial charge in [-0.05, 0) is 18.8 Å². The highest BCUT2D eigenvalue weighted by Crippen LogP contribution is 2.54. The second kappa shape index (κ2) is 4.55. The summed E-state index contributed by atoms with van der Waals surface area (Å²) in [6.07, 6.45) is 3.28. The van der Waals surface area contributed by atoms with Gasteiger partial charge in [0, 0.05) is 17.2 Å². The fraction of sp³-hybridized carbons (Fsp3) is 0.833. The van der Waals surface area contributed by atoms with Gasteiger partial charge in [0.05, 0.1) is 5.92 Å². The van der Waals surface area contributed by atoms with Crippen molar-refractivity contribution in [2.45, 2.75) is 39.8 Å². The summed E-state index contributed by atoms with van der Waals surface area (Å²) in [7, 11) is 0. The lowest BCUT2D eigenvalue weighted by molar-refractivity contribution is -0.145. The third kappa shape index (κ3) is 1.85. The quantitative estimate of drug-likeness (QED) is 0.426. The van der Waals surface area contributed by atoms with Gasteiger partial charge in [0.15, 0.2) is 3.23 Å². The molecule has 0 aromatic carbocycles. The highest BCUT2D eigenvalue weighted by Gasteiger charge is 2.61. The van der Waals surface area contributed by atoms with Crippen molar-refractivity contribution in [3.63, 3.8) is 0 Å². The van der Waals surface area contributed by atoms with Crippen LogP contribution < -0.4 is 0 Å². The summed E-state index contributed by atoms with van der Waals surface area (Å²) in [5.74, 6) is 0.187. The van der Waals surface area contributed by atoms with E-state index in [1.165, 1.54) is 0 Å². The standard InChI is InChI=1S/C12H13Br3O3/c13-7-4-8(16)9-5(7)2-1-3-6-10(9)18-11(17)12(6,14)15/h5-7,9-10H,1-4H2. The Morgan fingerprint density at radius 2 is 1.94 bits per heavy atom. The van der Waals surface area contributed by atoms with Crippen LogP contribution in [-0.4, -0.2) is 25.9 Å². The van der Waals surface area contributed by atoms with Crippen molar-refractivity contribution in [3.8, 4) is 0 Å². The van der Waals surface area contributed by atoms with E-state index < -0.39 is 3.23 Å². The largest absolute Gasteiger partial charge is 0.460 e. The second-order valence-corrected chi connectivity index (χ2v) is 10.1. The molecule has 0 amide bonds. The number of hydrogen-bond acceptors (Lipinski definition) is 3. The van der Waals surface area contributed by atoms with E-state index in [0.29, 0.717) is 12.3 Å². The highest BCUT2D eigenvalue weighted by atomic mass is 79.9. The summed E-state index contributed by atoms with van der Waals surface area (Å²) in [6, 6.07) is 0. The maximum Gasteiger partial charge on any atom is 0.334 e. The van der Waals surface area contributed by atoms with Gasteiger partial charge in [0.25, 0.3) is 0 Å². The van der Waals surface area contributed by atoms with Gasteiger partial charge in [-0.1, -0.05) is 54.2 Å². The van der Waals surface area contributed by atoms with E-state index in [4.69, 9.17) is 4.74 Å². The lowest BCUT2D eigenvalue weighted by Gasteiger charge is -2.25. The van der Waals surface area contributed by atoms with Crippen LogP contribution in [0, 0.1) is 17.8 Å². The molecule has 0 radical (unpaired) electrons. The number of ether oxygens (including phenoxy) is 1. The zero-order chi connectivity index (χ0) is 13.1. The minimum absolute atomic E-state index is 0.0433. The average molecular weight is 445 g/mol. The molecule has 18 heavy (non-hydrogen) atoms. The predicted molar refractivity (Wildman–Crippen MR) is 77.1 cm³/mol. The number of fused-ring (bicyclic) bond motifs is 3. The molecule has 3 nitrogen and oxygen atoms in total. The summed E-state index contributed by atoms with van der Waals surface area (Å²) in [5.41, 5.74) is 0.